The van der Waals surface area contributed by atoms with Crippen LogP contribution in [0.25, 0.3) is 0 Å². The lowest BCUT2D eigenvalue weighted by molar-refractivity contribution is -0.128. The predicted molar refractivity (Wildman–Crippen MR) is 76.4 cm³/mol. The summed E-state index contributed by atoms with van der Waals surface area (Å²) in [5.41, 5.74) is -0.290. The predicted octanol–water partition coefficient (Wildman–Crippen LogP) is 2.05. The molecule has 1 aromatic rings. The summed E-state index contributed by atoms with van der Waals surface area (Å²) in [6, 6.07) is 3.20. The molecule has 2 N–H and O–H groups in total. The Kier molecular flexibility index (Phi) is 5.46. The fourth-order valence-electron chi connectivity index (χ4n) is 2.09. The van der Waals surface area contributed by atoms with Crippen LogP contribution in [0.15, 0.2) is 18.2 Å². The summed E-state index contributed by atoms with van der Waals surface area (Å²) < 4.78 is 24.4. The number of carbonyl (C=O) groups is 2. The zero-order chi connectivity index (χ0) is 16.1. The van der Waals surface area contributed by atoms with Crippen LogP contribution in [0.5, 0.6) is 0 Å². The van der Waals surface area contributed by atoms with E-state index in [1.807, 2.05) is 0 Å². The van der Waals surface area contributed by atoms with Gasteiger partial charge in [-0.15, -0.1) is 0 Å². The smallest absolute Gasteiger partial charge is 0.335 e. The minimum Gasteiger partial charge on any atom is -0.478 e. The van der Waals surface area contributed by atoms with Crippen molar-refractivity contribution in [3.05, 3.63) is 29.6 Å². The van der Waals surface area contributed by atoms with Crippen LogP contribution >= 0.6 is 0 Å². The van der Waals surface area contributed by atoms with Crippen LogP contribution in [0.1, 0.15) is 30.1 Å². The fraction of sp³-hybridized carbons (Fsp3) is 0.467. The Bertz CT molecular complexity index is 557. The number of nitrogens with one attached hydrogen (secondary N) is 1. The van der Waals surface area contributed by atoms with E-state index in [1.165, 1.54) is 0 Å². The highest BCUT2D eigenvalue weighted by molar-refractivity contribution is 5.96. The fourth-order valence-corrected chi connectivity index (χ4v) is 2.09. The highest BCUT2D eigenvalue weighted by Crippen LogP contribution is 2.17. The molecule has 1 fully saturated rings. The van der Waals surface area contributed by atoms with Crippen molar-refractivity contribution in [3.63, 3.8) is 0 Å². The lowest BCUT2D eigenvalue weighted by Gasteiger charge is -2.16. The number of amides is 1. The molecule has 120 valence electrons. The highest BCUT2D eigenvalue weighted by Gasteiger charge is 2.21. The van der Waals surface area contributed by atoms with Crippen molar-refractivity contribution in [1.82, 2.24) is 0 Å². The van der Waals surface area contributed by atoms with Gasteiger partial charge in [-0.3, -0.25) is 4.79 Å². The normalized spacial score (nSPS) is 18.9. The van der Waals surface area contributed by atoms with Crippen molar-refractivity contribution >= 4 is 17.6 Å². The first-order valence-electron chi connectivity index (χ1n) is 7.04. The van der Waals surface area contributed by atoms with Crippen LogP contribution in [0, 0.1) is 5.82 Å². The quantitative estimate of drug-likeness (QED) is 0.840. The van der Waals surface area contributed by atoms with Gasteiger partial charge in [-0.1, -0.05) is 0 Å². The van der Waals surface area contributed by atoms with Crippen LogP contribution < -0.4 is 5.32 Å². The van der Waals surface area contributed by atoms with Gasteiger partial charge in [0.2, 0.25) is 0 Å². The van der Waals surface area contributed by atoms with Gasteiger partial charge in [-0.25, -0.2) is 9.18 Å². The number of hydrogen-bond acceptors (Lipinski definition) is 4. The van der Waals surface area contributed by atoms with Crippen LogP contribution in [-0.2, 0) is 14.3 Å². The number of benzene rings is 1. The maximum Gasteiger partial charge on any atom is 0.335 e. The van der Waals surface area contributed by atoms with Gasteiger partial charge in [0.05, 0.1) is 24.0 Å². The summed E-state index contributed by atoms with van der Waals surface area (Å²) in [5, 5.41) is 11.2. The van der Waals surface area contributed by atoms with E-state index < -0.39 is 23.8 Å². The SMILES string of the molecule is CC(OCC1CCCO1)C(=O)Nc1cc(C(=O)O)ccc1F. The van der Waals surface area contributed by atoms with Gasteiger partial charge in [-0.05, 0) is 38.0 Å². The molecule has 2 atom stereocenters. The second-order valence-corrected chi connectivity index (χ2v) is 5.10. The van der Waals surface area contributed by atoms with Crippen LogP contribution in [0.4, 0.5) is 10.1 Å². The minimum absolute atomic E-state index is 0.0117. The summed E-state index contributed by atoms with van der Waals surface area (Å²) in [6.07, 6.45) is 1.06. The zero-order valence-corrected chi connectivity index (χ0v) is 12.2. The first-order chi connectivity index (χ1) is 10.5. The lowest BCUT2D eigenvalue weighted by Crippen LogP contribution is -2.30. The molecular formula is C15H18FNO5. The van der Waals surface area contributed by atoms with Crippen molar-refractivity contribution in [1.29, 1.82) is 0 Å². The Morgan fingerprint density at radius 3 is 2.95 bits per heavy atom. The summed E-state index contributed by atoms with van der Waals surface area (Å²) in [6.45, 7) is 2.54. The third-order valence-electron chi connectivity index (χ3n) is 3.40. The van der Waals surface area contributed by atoms with Gasteiger partial charge < -0.3 is 19.9 Å². The molecule has 0 aromatic heterocycles. The molecular weight excluding hydrogens is 293 g/mol. The third-order valence-corrected chi connectivity index (χ3v) is 3.40. The number of rotatable bonds is 6. The maximum atomic E-state index is 13.6. The highest BCUT2D eigenvalue weighted by atomic mass is 19.1. The summed E-state index contributed by atoms with van der Waals surface area (Å²) in [4.78, 5) is 22.8. The van der Waals surface area contributed by atoms with E-state index in [4.69, 9.17) is 14.6 Å². The molecule has 1 heterocycles. The molecule has 1 amide bonds. The molecule has 1 aliphatic heterocycles. The summed E-state index contributed by atoms with van der Waals surface area (Å²) in [5.74, 6) is -2.44. The van der Waals surface area contributed by atoms with E-state index in [0.29, 0.717) is 13.2 Å². The summed E-state index contributed by atoms with van der Waals surface area (Å²) >= 11 is 0. The van der Waals surface area contributed by atoms with E-state index >= 15 is 0 Å². The molecule has 1 aliphatic rings. The molecule has 1 saturated heterocycles. The molecule has 0 spiro atoms. The number of carboxylic acids is 1. The van der Waals surface area contributed by atoms with Crippen LogP contribution in [-0.4, -0.2) is 42.4 Å². The Morgan fingerprint density at radius 1 is 1.55 bits per heavy atom. The summed E-state index contributed by atoms with van der Waals surface area (Å²) in [7, 11) is 0. The Balaban J connectivity index is 1.92. The van der Waals surface area contributed by atoms with Gasteiger partial charge in [0, 0.05) is 6.61 Å². The van der Waals surface area contributed by atoms with Gasteiger partial charge in [0.1, 0.15) is 11.9 Å². The second kappa shape index (κ2) is 7.33. The van der Waals surface area contributed by atoms with Crippen LogP contribution in [0.3, 0.4) is 0 Å². The number of ether oxygens (including phenoxy) is 2. The Hall–Kier alpha value is -1.99. The average molecular weight is 311 g/mol. The Morgan fingerprint density at radius 2 is 2.32 bits per heavy atom. The van der Waals surface area contributed by atoms with E-state index in [2.05, 4.69) is 5.32 Å². The monoisotopic (exact) mass is 311 g/mol. The molecule has 2 rings (SSSR count). The van der Waals surface area contributed by atoms with Crippen molar-refractivity contribution in [2.75, 3.05) is 18.5 Å². The van der Waals surface area contributed by atoms with Crippen molar-refractivity contribution in [2.24, 2.45) is 0 Å². The Labute approximate surface area is 127 Å². The zero-order valence-electron chi connectivity index (χ0n) is 12.2. The van der Waals surface area contributed by atoms with Gasteiger partial charge in [-0.2, -0.15) is 0 Å². The molecule has 22 heavy (non-hydrogen) atoms. The van der Waals surface area contributed by atoms with Crippen molar-refractivity contribution in [3.8, 4) is 0 Å². The van der Waals surface area contributed by atoms with Gasteiger partial charge in [0.15, 0.2) is 0 Å². The topological polar surface area (TPSA) is 84.9 Å². The first-order valence-corrected chi connectivity index (χ1v) is 7.04. The second-order valence-electron chi connectivity index (χ2n) is 5.10. The van der Waals surface area contributed by atoms with Crippen LogP contribution in [0.2, 0.25) is 0 Å². The van der Waals surface area contributed by atoms with Gasteiger partial charge in [0.25, 0.3) is 5.91 Å². The molecule has 2 unspecified atom stereocenters. The van der Waals surface area contributed by atoms with E-state index in [-0.39, 0.29) is 17.4 Å². The molecule has 7 heteroatoms. The molecule has 6 nitrogen and oxygen atoms in total. The number of halogens is 1. The molecule has 0 bridgehead atoms. The third kappa shape index (κ3) is 4.25. The largest absolute Gasteiger partial charge is 0.478 e. The average Bonchev–Trinajstić information content (AvgIpc) is 3.00. The maximum absolute atomic E-state index is 13.6. The van der Waals surface area contributed by atoms with E-state index in [9.17, 15) is 14.0 Å². The minimum atomic E-state index is -1.20. The van der Waals surface area contributed by atoms with E-state index in [1.54, 1.807) is 6.92 Å². The molecule has 0 radical (unpaired) electrons. The number of carboxylic acid groups (broad SMARTS) is 1. The first kappa shape index (κ1) is 16.4. The van der Waals surface area contributed by atoms with Gasteiger partial charge >= 0.3 is 5.97 Å². The standard InChI is InChI=1S/C15H18FNO5/c1-9(22-8-11-3-2-6-21-11)14(18)17-13-7-10(15(19)20)4-5-12(13)16/h4-5,7,9,11H,2-3,6,8H2,1H3,(H,17,18)(H,19,20). The lowest BCUT2D eigenvalue weighted by atomic mass is 10.2. The van der Waals surface area contributed by atoms with Crippen molar-refractivity contribution in [2.45, 2.75) is 32.0 Å². The molecule has 0 aliphatic carbocycles. The van der Waals surface area contributed by atoms with Crippen molar-refractivity contribution < 1.29 is 28.6 Å². The van der Waals surface area contributed by atoms with E-state index in [0.717, 1.165) is 31.0 Å². The number of carbonyl (C=O) groups excluding carboxylic acids is 1. The molecule has 1 aromatic carbocycles. The number of anilines is 1. The number of aromatic carboxylic acids is 1. The number of hydrogen-bond donors (Lipinski definition) is 2. The molecule has 0 saturated carbocycles.